The third-order valence-electron chi connectivity index (χ3n) is 3.37. The molecule has 0 saturated heterocycles. The molecule has 0 unspecified atom stereocenters. The smallest absolute Gasteiger partial charge is 0.294 e. The molecule has 0 aliphatic rings. The van der Waals surface area contributed by atoms with Crippen LogP contribution < -0.4 is 0 Å². The van der Waals surface area contributed by atoms with Gasteiger partial charge in [0.25, 0.3) is 5.69 Å². The lowest BCUT2D eigenvalue weighted by Crippen LogP contribution is -2.02. The number of rotatable bonds is 4. The summed E-state index contributed by atoms with van der Waals surface area (Å²) in [7, 11) is 0. The van der Waals surface area contributed by atoms with Crippen LogP contribution in [0.5, 0.6) is 5.75 Å². The first-order chi connectivity index (χ1) is 11.5. The Kier molecular flexibility index (Phi) is 3.78. The van der Waals surface area contributed by atoms with E-state index in [9.17, 15) is 24.4 Å². The van der Waals surface area contributed by atoms with Crippen molar-refractivity contribution in [1.29, 1.82) is 0 Å². The molecule has 0 aliphatic heterocycles. The van der Waals surface area contributed by atoms with E-state index >= 15 is 0 Å². The average molecular weight is 327 g/mol. The average Bonchev–Trinajstić information content (AvgIpc) is 3.06. The number of hydrogen-bond acceptors (Lipinski definition) is 5. The number of ketones is 1. The lowest BCUT2D eigenvalue weighted by Gasteiger charge is -2.03. The molecule has 0 spiro atoms. The van der Waals surface area contributed by atoms with Crippen molar-refractivity contribution in [3.8, 4) is 11.4 Å². The Morgan fingerprint density at radius 2 is 2.00 bits per heavy atom. The lowest BCUT2D eigenvalue weighted by atomic mass is 10.1. The van der Waals surface area contributed by atoms with Gasteiger partial charge < -0.3 is 5.11 Å². The number of aromatic hydroxyl groups is 1. The highest BCUT2D eigenvalue weighted by atomic mass is 19.1. The molecule has 0 radical (unpaired) electrons. The van der Waals surface area contributed by atoms with Crippen molar-refractivity contribution in [3.63, 3.8) is 0 Å². The Balaban J connectivity index is 2.01. The quantitative estimate of drug-likeness (QED) is 0.451. The number of carbonyl (C=O) groups excluding carboxylic acids is 1. The van der Waals surface area contributed by atoms with Crippen LogP contribution in [0.1, 0.15) is 15.9 Å². The van der Waals surface area contributed by atoms with Crippen molar-refractivity contribution in [2.24, 2.45) is 0 Å². The molecule has 1 N–H and O–H groups in total. The van der Waals surface area contributed by atoms with Crippen molar-refractivity contribution >= 4 is 11.5 Å². The number of benzene rings is 2. The number of phenols is 1. The van der Waals surface area contributed by atoms with Crippen molar-refractivity contribution in [3.05, 3.63) is 81.9 Å². The van der Waals surface area contributed by atoms with Gasteiger partial charge in [-0.25, -0.2) is 9.07 Å². The van der Waals surface area contributed by atoms with Crippen LogP contribution in [0.4, 0.5) is 10.1 Å². The zero-order valence-corrected chi connectivity index (χ0v) is 12.1. The van der Waals surface area contributed by atoms with E-state index in [2.05, 4.69) is 5.10 Å². The summed E-state index contributed by atoms with van der Waals surface area (Å²) in [4.78, 5) is 22.9. The molecule has 24 heavy (non-hydrogen) atoms. The first-order valence-electron chi connectivity index (χ1n) is 6.79. The van der Waals surface area contributed by atoms with E-state index in [0.29, 0.717) is 0 Å². The van der Waals surface area contributed by atoms with Gasteiger partial charge in [-0.05, 0) is 24.3 Å². The summed E-state index contributed by atoms with van der Waals surface area (Å²) in [6.07, 6.45) is 2.48. The first kappa shape index (κ1) is 15.3. The minimum absolute atomic E-state index is 0.0639. The zero-order chi connectivity index (χ0) is 17.3. The fourth-order valence-corrected chi connectivity index (χ4v) is 2.23. The third-order valence-corrected chi connectivity index (χ3v) is 3.37. The molecule has 1 heterocycles. The lowest BCUT2D eigenvalue weighted by molar-refractivity contribution is -0.384. The number of carbonyl (C=O) groups is 1. The molecule has 0 aliphatic carbocycles. The zero-order valence-electron chi connectivity index (χ0n) is 12.1. The standard InChI is InChI=1S/C16H10FN3O4/c17-11-5-6-15(21)12(7-11)16(22)10-8-18-19(9-10)13-3-1-2-4-14(13)20(23)24/h1-9,21H. The summed E-state index contributed by atoms with van der Waals surface area (Å²) in [5.41, 5.74) is -0.135. The SMILES string of the molecule is O=C(c1cnn(-c2ccccc2[N+](=O)[O-])c1)c1cc(F)ccc1O. The topological polar surface area (TPSA) is 98.3 Å². The molecule has 0 fully saturated rings. The molecule has 2 aromatic carbocycles. The maximum absolute atomic E-state index is 13.3. The molecule has 0 saturated carbocycles. The van der Waals surface area contributed by atoms with Crippen LogP contribution in [0.3, 0.4) is 0 Å². The number of nitrogens with zero attached hydrogens (tertiary/aromatic N) is 3. The van der Waals surface area contributed by atoms with Crippen LogP contribution in [0, 0.1) is 15.9 Å². The number of hydrogen-bond donors (Lipinski definition) is 1. The van der Waals surface area contributed by atoms with Gasteiger partial charge in [-0.1, -0.05) is 12.1 Å². The predicted octanol–water partition coefficient (Wildman–Crippen LogP) is 2.86. The van der Waals surface area contributed by atoms with Crippen molar-refractivity contribution in [1.82, 2.24) is 9.78 Å². The molecule has 120 valence electrons. The fourth-order valence-electron chi connectivity index (χ4n) is 2.23. The number of nitro groups is 1. The second-order valence-electron chi connectivity index (χ2n) is 4.91. The van der Waals surface area contributed by atoms with E-state index < -0.39 is 16.5 Å². The number of phenolic OH excluding ortho intramolecular Hbond substituents is 1. The van der Waals surface area contributed by atoms with Gasteiger partial charge in [0.2, 0.25) is 0 Å². The van der Waals surface area contributed by atoms with Crippen LogP contribution in [0.25, 0.3) is 5.69 Å². The van der Waals surface area contributed by atoms with Gasteiger partial charge in [-0.3, -0.25) is 14.9 Å². The Bertz CT molecular complexity index is 952. The monoisotopic (exact) mass is 327 g/mol. The van der Waals surface area contributed by atoms with Gasteiger partial charge in [0.1, 0.15) is 17.3 Å². The van der Waals surface area contributed by atoms with Gasteiger partial charge in [0.15, 0.2) is 5.78 Å². The van der Waals surface area contributed by atoms with Crippen LogP contribution in [0.2, 0.25) is 0 Å². The largest absolute Gasteiger partial charge is 0.507 e. The summed E-state index contributed by atoms with van der Waals surface area (Å²) < 4.78 is 14.5. The molecular weight excluding hydrogens is 317 g/mol. The van der Waals surface area contributed by atoms with Crippen molar-refractivity contribution < 1.29 is 19.2 Å². The van der Waals surface area contributed by atoms with Crippen LogP contribution in [-0.4, -0.2) is 25.6 Å². The van der Waals surface area contributed by atoms with E-state index in [0.717, 1.165) is 18.2 Å². The van der Waals surface area contributed by atoms with Gasteiger partial charge in [-0.15, -0.1) is 0 Å². The second-order valence-corrected chi connectivity index (χ2v) is 4.91. The highest BCUT2D eigenvalue weighted by molar-refractivity contribution is 6.10. The van der Waals surface area contributed by atoms with E-state index in [1.807, 2.05) is 0 Å². The number of nitro benzene ring substituents is 1. The van der Waals surface area contributed by atoms with E-state index in [-0.39, 0.29) is 28.3 Å². The maximum atomic E-state index is 13.3. The molecule has 0 amide bonds. The van der Waals surface area contributed by atoms with E-state index in [1.54, 1.807) is 6.07 Å². The number of aromatic nitrogens is 2. The molecule has 7 nitrogen and oxygen atoms in total. The highest BCUT2D eigenvalue weighted by Crippen LogP contribution is 2.24. The molecular formula is C16H10FN3O4. The van der Waals surface area contributed by atoms with Crippen molar-refractivity contribution in [2.75, 3.05) is 0 Å². The normalized spacial score (nSPS) is 10.5. The molecule has 0 atom stereocenters. The second kappa shape index (κ2) is 5.92. The Labute approximate surface area is 134 Å². The highest BCUT2D eigenvalue weighted by Gasteiger charge is 2.19. The molecule has 3 aromatic rings. The summed E-state index contributed by atoms with van der Waals surface area (Å²) in [6.45, 7) is 0. The van der Waals surface area contributed by atoms with Gasteiger partial charge in [-0.2, -0.15) is 5.10 Å². The van der Waals surface area contributed by atoms with Gasteiger partial charge >= 0.3 is 0 Å². The summed E-state index contributed by atoms with van der Waals surface area (Å²) in [5, 5.41) is 24.7. The minimum atomic E-state index is -0.665. The number of para-hydroxylation sites is 2. The van der Waals surface area contributed by atoms with Gasteiger partial charge in [0.05, 0.1) is 22.2 Å². The van der Waals surface area contributed by atoms with E-state index in [1.165, 1.54) is 35.3 Å². The summed E-state index contributed by atoms with van der Waals surface area (Å²) in [6, 6.07) is 8.94. The van der Waals surface area contributed by atoms with Crippen LogP contribution in [-0.2, 0) is 0 Å². The minimum Gasteiger partial charge on any atom is -0.507 e. The molecule has 3 rings (SSSR count). The summed E-state index contributed by atoms with van der Waals surface area (Å²) in [5.74, 6) is -1.67. The predicted molar refractivity (Wildman–Crippen MR) is 81.7 cm³/mol. The van der Waals surface area contributed by atoms with E-state index in [4.69, 9.17) is 0 Å². The molecule has 8 heteroatoms. The third kappa shape index (κ3) is 2.72. The Morgan fingerprint density at radius 3 is 2.75 bits per heavy atom. The van der Waals surface area contributed by atoms with Gasteiger partial charge in [0, 0.05) is 12.3 Å². The number of halogens is 1. The maximum Gasteiger partial charge on any atom is 0.294 e. The van der Waals surface area contributed by atoms with Crippen molar-refractivity contribution in [2.45, 2.75) is 0 Å². The van der Waals surface area contributed by atoms with Crippen LogP contribution >= 0.6 is 0 Å². The summed E-state index contributed by atoms with van der Waals surface area (Å²) >= 11 is 0. The molecule has 0 bridgehead atoms. The fraction of sp³-hybridized carbons (Fsp3) is 0. The first-order valence-corrected chi connectivity index (χ1v) is 6.79. The van der Waals surface area contributed by atoms with Crippen LogP contribution in [0.15, 0.2) is 54.9 Å². The Hall–Kier alpha value is -3.55. The Morgan fingerprint density at radius 1 is 1.25 bits per heavy atom. The molecule has 1 aromatic heterocycles.